The van der Waals surface area contributed by atoms with Crippen LogP contribution in [0.15, 0.2) is 0 Å². The second kappa shape index (κ2) is 8.28. The van der Waals surface area contributed by atoms with Crippen LogP contribution in [0.2, 0.25) is 0 Å². The maximum absolute atomic E-state index is 11.6. The van der Waals surface area contributed by atoms with Gasteiger partial charge in [0.25, 0.3) is 0 Å². The highest BCUT2D eigenvalue weighted by Gasteiger charge is 2.27. The fraction of sp³-hybridized carbons (Fsp3) is 1.00. The summed E-state index contributed by atoms with van der Waals surface area (Å²) in [5.41, 5.74) is 0.0155. The minimum absolute atomic E-state index is 0.0155. The van der Waals surface area contributed by atoms with Gasteiger partial charge in [0, 0.05) is 6.26 Å². The van der Waals surface area contributed by atoms with Crippen LogP contribution in [0.1, 0.15) is 84.0 Å². The highest BCUT2D eigenvalue weighted by atomic mass is 32.2. The van der Waals surface area contributed by atoms with E-state index in [1.807, 2.05) is 0 Å². The molecule has 0 N–H and O–H groups in total. The third-order valence-corrected chi connectivity index (χ3v) is 5.64. The molecular formula is C16H32O2S. The second-order valence-corrected chi connectivity index (χ2v) is 9.06. The van der Waals surface area contributed by atoms with Crippen molar-refractivity contribution in [2.75, 3.05) is 12.0 Å². The molecule has 2 nitrogen and oxygen atoms in total. The first-order chi connectivity index (χ1) is 8.91. The molecule has 0 heterocycles. The van der Waals surface area contributed by atoms with Crippen molar-refractivity contribution in [1.82, 2.24) is 0 Å². The van der Waals surface area contributed by atoms with Gasteiger partial charge in [0.15, 0.2) is 0 Å². The molecule has 0 amide bonds. The van der Waals surface area contributed by atoms with Crippen LogP contribution in [0, 0.1) is 5.41 Å². The van der Waals surface area contributed by atoms with Crippen molar-refractivity contribution in [3.8, 4) is 0 Å². The molecule has 114 valence electrons. The van der Waals surface area contributed by atoms with Gasteiger partial charge in [-0.15, -0.1) is 0 Å². The predicted octanol–water partition coefficient (Wildman–Crippen LogP) is 4.73. The molecular weight excluding hydrogens is 256 g/mol. The summed E-state index contributed by atoms with van der Waals surface area (Å²) in [6, 6.07) is 0. The maximum Gasteiger partial charge on any atom is 0.147 e. The summed E-state index contributed by atoms with van der Waals surface area (Å²) in [7, 11) is -2.85. The van der Waals surface area contributed by atoms with Gasteiger partial charge in [-0.1, -0.05) is 71.1 Å². The largest absolute Gasteiger partial charge is 0.229 e. The Kier molecular flexibility index (Phi) is 7.41. The number of hydrogen-bond acceptors (Lipinski definition) is 2. The predicted molar refractivity (Wildman–Crippen MR) is 83.2 cm³/mol. The summed E-state index contributed by atoms with van der Waals surface area (Å²) in [5.74, 6) is 0.375. The van der Waals surface area contributed by atoms with E-state index in [4.69, 9.17) is 0 Å². The number of sulfone groups is 1. The minimum atomic E-state index is -2.85. The zero-order valence-electron chi connectivity index (χ0n) is 12.9. The third-order valence-electron chi connectivity index (χ3n) is 4.42. The van der Waals surface area contributed by atoms with Crippen LogP contribution in [-0.2, 0) is 9.84 Å². The maximum atomic E-state index is 11.6. The van der Waals surface area contributed by atoms with Gasteiger partial charge >= 0.3 is 0 Å². The quantitative estimate of drug-likeness (QED) is 0.736. The molecule has 1 rings (SSSR count). The van der Waals surface area contributed by atoms with E-state index in [0.717, 1.165) is 12.8 Å². The van der Waals surface area contributed by atoms with E-state index in [-0.39, 0.29) is 5.41 Å². The molecule has 0 radical (unpaired) electrons. The Morgan fingerprint density at radius 3 is 1.37 bits per heavy atom. The lowest BCUT2D eigenvalue weighted by Crippen LogP contribution is -2.26. The van der Waals surface area contributed by atoms with Crippen LogP contribution in [0.25, 0.3) is 0 Å². The van der Waals surface area contributed by atoms with E-state index >= 15 is 0 Å². The van der Waals surface area contributed by atoms with Crippen LogP contribution in [-0.4, -0.2) is 20.4 Å². The summed E-state index contributed by atoms with van der Waals surface area (Å²) in [6.45, 7) is 2.19. The van der Waals surface area contributed by atoms with Gasteiger partial charge in [-0.2, -0.15) is 0 Å². The average Bonchev–Trinajstić information content (AvgIpc) is 2.29. The van der Waals surface area contributed by atoms with Crippen molar-refractivity contribution in [2.45, 2.75) is 84.0 Å². The lowest BCUT2D eigenvalue weighted by atomic mass is 9.81. The smallest absolute Gasteiger partial charge is 0.147 e. The van der Waals surface area contributed by atoms with E-state index in [1.54, 1.807) is 0 Å². The molecule has 1 saturated carbocycles. The Labute approximate surface area is 120 Å². The highest BCUT2D eigenvalue weighted by molar-refractivity contribution is 7.90. The Bertz CT molecular complexity index is 319. The summed E-state index contributed by atoms with van der Waals surface area (Å²) in [6.07, 6.45) is 16.7. The van der Waals surface area contributed by atoms with Gasteiger partial charge in [-0.3, -0.25) is 0 Å². The van der Waals surface area contributed by atoms with E-state index in [0.29, 0.717) is 5.75 Å². The van der Waals surface area contributed by atoms with Crippen molar-refractivity contribution >= 4 is 9.84 Å². The van der Waals surface area contributed by atoms with Crippen LogP contribution < -0.4 is 0 Å². The molecule has 19 heavy (non-hydrogen) atoms. The summed E-state index contributed by atoms with van der Waals surface area (Å²) < 4.78 is 23.3. The molecule has 0 aromatic carbocycles. The molecule has 0 aromatic rings. The molecule has 1 aliphatic rings. The SMILES string of the molecule is CC1(CS(C)(=O)=O)CCCCCCCCCCCC1. The number of rotatable bonds is 2. The van der Waals surface area contributed by atoms with Gasteiger partial charge in [-0.05, 0) is 18.3 Å². The first-order valence-electron chi connectivity index (χ1n) is 8.09. The Balaban J connectivity index is 2.54. The second-order valence-electron chi connectivity index (χ2n) is 6.92. The molecule has 0 aliphatic heterocycles. The topological polar surface area (TPSA) is 34.1 Å². The first-order valence-corrected chi connectivity index (χ1v) is 10.2. The molecule has 0 saturated heterocycles. The molecule has 1 aliphatic carbocycles. The highest BCUT2D eigenvalue weighted by Crippen LogP contribution is 2.33. The third kappa shape index (κ3) is 8.67. The van der Waals surface area contributed by atoms with Crippen molar-refractivity contribution < 1.29 is 8.42 Å². The van der Waals surface area contributed by atoms with Gasteiger partial charge in [-0.25, -0.2) is 8.42 Å². The standard InChI is InChI=1S/C16H32O2S/c1-16(15-19(2,17)18)13-11-9-7-5-3-4-6-8-10-12-14-16/h3-15H2,1-2H3. The minimum Gasteiger partial charge on any atom is -0.229 e. The van der Waals surface area contributed by atoms with Gasteiger partial charge < -0.3 is 0 Å². The van der Waals surface area contributed by atoms with E-state index in [1.165, 1.54) is 70.5 Å². The summed E-state index contributed by atoms with van der Waals surface area (Å²) >= 11 is 0. The zero-order valence-corrected chi connectivity index (χ0v) is 13.7. The average molecular weight is 288 g/mol. The molecule has 3 heteroatoms. The lowest BCUT2D eigenvalue weighted by molar-refractivity contribution is 0.286. The summed E-state index contributed by atoms with van der Waals surface area (Å²) in [4.78, 5) is 0. The zero-order chi connectivity index (χ0) is 14.2. The Morgan fingerprint density at radius 1 is 0.737 bits per heavy atom. The lowest BCUT2D eigenvalue weighted by Gasteiger charge is -2.29. The Hall–Kier alpha value is -0.0500. The fourth-order valence-corrected chi connectivity index (χ4v) is 4.97. The Morgan fingerprint density at radius 2 is 1.05 bits per heavy atom. The van der Waals surface area contributed by atoms with Crippen molar-refractivity contribution in [2.24, 2.45) is 5.41 Å². The normalized spacial score (nSPS) is 23.9. The fourth-order valence-electron chi connectivity index (χ4n) is 3.42. The van der Waals surface area contributed by atoms with Gasteiger partial charge in [0.05, 0.1) is 5.75 Å². The molecule has 0 bridgehead atoms. The summed E-state index contributed by atoms with van der Waals surface area (Å²) in [5, 5.41) is 0. The van der Waals surface area contributed by atoms with Gasteiger partial charge in [0.2, 0.25) is 0 Å². The van der Waals surface area contributed by atoms with Crippen molar-refractivity contribution in [3.05, 3.63) is 0 Å². The first kappa shape index (κ1) is 17.0. The van der Waals surface area contributed by atoms with Crippen molar-refractivity contribution in [1.29, 1.82) is 0 Å². The van der Waals surface area contributed by atoms with Gasteiger partial charge in [0.1, 0.15) is 9.84 Å². The van der Waals surface area contributed by atoms with Crippen LogP contribution >= 0.6 is 0 Å². The van der Waals surface area contributed by atoms with Crippen LogP contribution in [0.4, 0.5) is 0 Å². The molecule has 0 spiro atoms. The van der Waals surface area contributed by atoms with E-state index < -0.39 is 9.84 Å². The molecule has 1 fully saturated rings. The molecule has 0 atom stereocenters. The van der Waals surface area contributed by atoms with Crippen molar-refractivity contribution in [3.63, 3.8) is 0 Å². The van der Waals surface area contributed by atoms with E-state index in [9.17, 15) is 8.42 Å². The monoisotopic (exact) mass is 288 g/mol. The van der Waals surface area contributed by atoms with Crippen LogP contribution in [0.5, 0.6) is 0 Å². The molecule has 0 aromatic heterocycles. The number of hydrogen-bond donors (Lipinski definition) is 0. The van der Waals surface area contributed by atoms with Crippen LogP contribution in [0.3, 0.4) is 0 Å². The van der Waals surface area contributed by atoms with E-state index in [2.05, 4.69) is 6.92 Å². The molecule has 0 unspecified atom stereocenters.